The second-order valence-electron chi connectivity index (χ2n) is 10.8. The lowest BCUT2D eigenvalue weighted by Gasteiger charge is -2.47. The molecule has 0 aromatic carbocycles. The molecule has 1 aromatic heterocycles. The first-order valence-corrected chi connectivity index (χ1v) is 12.9. The lowest BCUT2D eigenvalue weighted by atomic mass is 9.85. The van der Waals surface area contributed by atoms with E-state index in [1.165, 1.54) is 0 Å². The highest BCUT2D eigenvalue weighted by Gasteiger charge is 2.51. The van der Waals surface area contributed by atoms with Crippen LogP contribution in [0, 0.1) is 11.8 Å². The van der Waals surface area contributed by atoms with E-state index in [0.717, 1.165) is 45.1 Å². The van der Waals surface area contributed by atoms with E-state index >= 15 is 8.78 Å². The van der Waals surface area contributed by atoms with Gasteiger partial charge in [-0.2, -0.15) is 0 Å². The van der Waals surface area contributed by atoms with E-state index in [1.54, 1.807) is 11.1 Å². The first-order chi connectivity index (χ1) is 16.3. The van der Waals surface area contributed by atoms with E-state index in [4.69, 9.17) is 0 Å². The molecule has 3 aliphatic heterocycles. The number of nitrogens with zero attached hydrogens (tertiary/aromatic N) is 5. The van der Waals surface area contributed by atoms with Crippen LogP contribution in [0.2, 0.25) is 0 Å². The van der Waals surface area contributed by atoms with Crippen molar-refractivity contribution < 1.29 is 13.6 Å². The highest BCUT2D eigenvalue weighted by molar-refractivity contribution is 5.75. The van der Waals surface area contributed by atoms with E-state index in [-0.39, 0.29) is 18.5 Å². The highest BCUT2D eigenvalue weighted by Crippen LogP contribution is 2.37. The zero-order chi connectivity index (χ0) is 23.9. The van der Waals surface area contributed by atoms with Crippen LogP contribution in [-0.4, -0.2) is 102 Å². The molecule has 4 heterocycles. The third-order valence-corrected chi connectivity index (χ3v) is 8.42. The normalized spacial score (nSPS) is 32.3. The molecule has 0 radical (unpaired) electrons. The van der Waals surface area contributed by atoms with E-state index in [9.17, 15) is 4.79 Å². The van der Waals surface area contributed by atoms with Crippen molar-refractivity contribution in [2.24, 2.45) is 11.8 Å². The molecule has 4 atom stereocenters. The molecule has 0 unspecified atom stereocenters. The van der Waals surface area contributed by atoms with Crippen LogP contribution in [0.25, 0.3) is 0 Å². The Hall–Kier alpha value is -2.00. The Morgan fingerprint density at radius 1 is 1.09 bits per heavy atom. The summed E-state index contributed by atoms with van der Waals surface area (Å²) in [5.41, 5.74) is 0. The summed E-state index contributed by atoms with van der Waals surface area (Å²) in [5.74, 6) is -1.19. The minimum absolute atomic E-state index is 0.148. The number of fused-ring (bicyclic) bond motifs is 1. The van der Waals surface area contributed by atoms with Gasteiger partial charge in [0, 0.05) is 88.9 Å². The standard InChI is InChI=1S/C25H38F2N6O/c1-18(2)30-10-12-31(13-11-30)21-6-5-8-25(26,27)23(21)29-24(34)33-16-19-14-32(15-20(19)17-33)22-7-3-4-9-28-22/h3-4,7,9,18-21,23H,5-6,8,10-17H2,1-2H3,(H,29,34)/t19-,20+,21-,23+/m0/s1. The van der Waals surface area contributed by atoms with E-state index in [1.807, 2.05) is 18.2 Å². The monoisotopic (exact) mass is 476 g/mol. The van der Waals surface area contributed by atoms with Gasteiger partial charge in [0.25, 0.3) is 5.92 Å². The van der Waals surface area contributed by atoms with Gasteiger partial charge in [0.05, 0.1) is 0 Å². The van der Waals surface area contributed by atoms with Gasteiger partial charge in [-0.25, -0.2) is 18.6 Å². The zero-order valence-corrected chi connectivity index (χ0v) is 20.4. The number of halogens is 2. The Morgan fingerprint density at radius 2 is 1.79 bits per heavy atom. The molecular formula is C25H38F2N6O. The summed E-state index contributed by atoms with van der Waals surface area (Å²) in [6.07, 6.45) is 2.87. The second kappa shape index (κ2) is 9.57. The summed E-state index contributed by atoms with van der Waals surface area (Å²) in [4.78, 5) is 26.3. The fourth-order valence-electron chi connectivity index (χ4n) is 6.44. The molecule has 188 valence electrons. The molecule has 9 heteroatoms. The second-order valence-corrected chi connectivity index (χ2v) is 10.8. The molecular weight excluding hydrogens is 438 g/mol. The molecule has 2 amide bonds. The van der Waals surface area contributed by atoms with Gasteiger partial charge < -0.3 is 15.1 Å². The number of amides is 2. The maximum Gasteiger partial charge on any atom is 0.317 e. The topological polar surface area (TPSA) is 55.0 Å². The van der Waals surface area contributed by atoms with Crippen LogP contribution in [-0.2, 0) is 0 Å². The predicted molar refractivity (Wildman–Crippen MR) is 128 cm³/mol. The van der Waals surface area contributed by atoms with Gasteiger partial charge >= 0.3 is 6.03 Å². The van der Waals surface area contributed by atoms with Crippen molar-refractivity contribution in [2.75, 3.05) is 57.3 Å². The first-order valence-electron chi connectivity index (χ1n) is 12.9. The quantitative estimate of drug-likeness (QED) is 0.724. The van der Waals surface area contributed by atoms with Crippen LogP contribution in [0.4, 0.5) is 19.4 Å². The number of nitrogens with one attached hydrogen (secondary N) is 1. The predicted octanol–water partition coefficient (Wildman–Crippen LogP) is 2.74. The van der Waals surface area contributed by atoms with Crippen molar-refractivity contribution in [1.82, 2.24) is 25.0 Å². The molecule has 3 saturated heterocycles. The lowest BCUT2D eigenvalue weighted by molar-refractivity contribution is -0.0971. The summed E-state index contributed by atoms with van der Waals surface area (Å²) in [6, 6.07) is 4.63. The number of pyridine rings is 1. The van der Waals surface area contributed by atoms with E-state index < -0.39 is 12.0 Å². The smallest absolute Gasteiger partial charge is 0.317 e. The van der Waals surface area contributed by atoms with Gasteiger partial charge in [0.1, 0.15) is 11.9 Å². The molecule has 4 aliphatic rings. The molecule has 1 aromatic rings. The number of rotatable bonds is 4. The molecule has 1 aliphatic carbocycles. The number of hydrogen-bond acceptors (Lipinski definition) is 5. The fourth-order valence-corrected chi connectivity index (χ4v) is 6.44. The number of piperazine rings is 1. The molecule has 1 N–H and O–H groups in total. The summed E-state index contributed by atoms with van der Waals surface area (Å²) >= 11 is 0. The molecule has 0 spiro atoms. The number of carbonyl (C=O) groups is 1. The minimum atomic E-state index is -2.88. The van der Waals surface area contributed by atoms with Gasteiger partial charge in [-0.05, 0) is 38.8 Å². The average molecular weight is 477 g/mol. The van der Waals surface area contributed by atoms with Crippen LogP contribution in [0.5, 0.6) is 0 Å². The number of carbonyl (C=O) groups excluding carboxylic acids is 1. The van der Waals surface area contributed by atoms with Gasteiger partial charge in [-0.3, -0.25) is 9.80 Å². The van der Waals surface area contributed by atoms with E-state index in [2.05, 4.69) is 38.8 Å². The number of likely N-dealkylation sites (tertiary alicyclic amines) is 1. The van der Waals surface area contributed by atoms with Gasteiger partial charge in [0.2, 0.25) is 0 Å². The summed E-state index contributed by atoms with van der Waals surface area (Å²) < 4.78 is 30.2. The third-order valence-electron chi connectivity index (χ3n) is 8.42. The molecule has 5 rings (SSSR count). The van der Waals surface area contributed by atoms with Gasteiger partial charge in [0.15, 0.2) is 0 Å². The molecule has 4 fully saturated rings. The van der Waals surface area contributed by atoms with Crippen molar-refractivity contribution in [1.29, 1.82) is 0 Å². The van der Waals surface area contributed by atoms with Crippen molar-refractivity contribution in [2.45, 2.75) is 57.2 Å². The van der Waals surface area contributed by atoms with Crippen LogP contribution in [0.15, 0.2) is 24.4 Å². The number of anilines is 1. The van der Waals surface area contributed by atoms with Crippen LogP contribution < -0.4 is 10.2 Å². The summed E-state index contributed by atoms with van der Waals surface area (Å²) in [6.45, 7) is 10.6. The average Bonchev–Trinajstić information content (AvgIpc) is 3.40. The largest absolute Gasteiger partial charge is 0.356 e. The minimum Gasteiger partial charge on any atom is -0.356 e. The number of hydrogen-bond donors (Lipinski definition) is 1. The maximum atomic E-state index is 15.1. The van der Waals surface area contributed by atoms with Crippen LogP contribution >= 0.6 is 0 Å². The summed E-state index contributed by atoms with van der Waals surface area (Å²) in [5, 5.41) is 2.82. The first kappa shape index (κ1) is 23.7. The Morgan fingerprint density at radius 3 is 2.41 bits per heavy atom. The SMILES string of the molecule is CC(C)N1CCN([C@H]2CCCC(F)(F)[C@@H]2NC(=O)N2C[C@@H]3CN(c4ccccn4)C[C@@H]3C2)CC1. The molecule has 34 heavy (non-hydrogen) atoms. The lowest BCUT2D eigenvalue weighted by Crippen LogP contribution is -2.65. The van der Waals surface area contributed by atoms with Crippen molar-refractivity contribution in [3.63, 3.8) is 0 Å². The van der Waals surface area contributed by atoms with Crippen molar-refractivity contribution in [3.8, 4) is 0 Å². The highest BCUT2D eigenvalue weighted by atomic mass is 19.3. The van der Waals surface area contributed by atoms with Crippen molar-refractivity contribution >= 4 is 11.8 Å². The Labute approximate surface area is 201 Å². The van der Waals surface area contributed by atoms with Crippen molar-refractivity contribution in [3.05, 3.63) is 24.4 Å². The number of urea groups is 1. The summed E-state index contributed by atoms with van der Waals surface area (Å²) in [7, 11) is 0. The maximum absolute atomic E-state index is 15.1. The van der Waals surface area contributed by atoms with Gasteiger partial charge in [-0.15, -0.1) is 0 Å². The van der Waals surface area contributed by atoms with Crippen LogP contribution in [0.1, 0.15) is 33.1 Å². The van der Waals surface area contributed by atoms with E-state index in [0.29, 0.717) is 43.8 Å². The number of aromatic nitrogens is 1. The number of alkyl halides is 2. The third kappa shape index (κ3) is 4.73. The fraction of sp³-hybridized carbons (Fsp3) is 0.760. The van der Waals surface area contributed by atoms with Crippen LogP contribution in [0.3, 0.4) is 0 Å². The Balaban J connectivity index is 1.20. The Kier molecular flexibility index (Phi) is 6.68. The Bertz CT molecular complexity index is 833. The molecule has 1 saturated carbocycles. The molecule has 0 bridgehead atoms. The molecule has 7 nitrogen and oxygen atoms in total. The zero-order valence-electron chi connectivity index (χ0n) is 20.4. The van der Waals surface area contributed by atoms with Gasteiger partial charge in [-0.1, -0.05) is 6.07 Å².